The SMILES string of the molecule is C[C@@H](N[C@@H](Cc1c[nH]cn1)C(=O)O)[C@H](NC(=O)[C@H](N)CC(N)=O)C(=O)O. The number of amides is 2. The molecule has 26 heavy (non-hydrogen) atoms. The van der Waals surface area contributed by atoms with Crippen LogP contribution in [0.25, 0.3) is 0 Å². The van der Waals surface area contributed by atoms with Crippen molar-refractivity contribution in [3.8, 4) is 0 Å². The van der Waals surface area contributed by atoms with Crippen LogP contribution in [-0.2, 0) is 25.6 Å². The Bertz CT molecular complexity index is 648. The van der Waals surface area contributed by atoms with Crippen molar-refractivity contribution < 1.29 is 29.4 Å². The highest BCUT2D eigenvalue weighted by atomic mass is 16.4. The van der Waals surface area contributed by atoms with Gasteiger partial charge in [-0.3, -0.25) is 19.7 Å². The summed E-state index contributed by atoms with van der Waals surface area (Å²) >= 11 is 0. The van der Waals surface area contributed by atoms with E-state index >= 15 is 0 Å². The van der Waals surface area contributed by atoms with E-state index in [0.717, 1.165) is 0 Å². The van der Waals surface area contributed by atoms with Gasteiger partial charge in [-0.05, 0) is 6.92 Å². The lowest BCUT2D eigenvalue weighted by Crippen LogP contribution is -2.59. The molecule has 0 aliphatic rings. The highest BCUT2D eigenvalue weighted by molar-refractivity contribution is 5.90. The Morgan fingerprint density at radius 2 is 1.92 bits per heavy atom. The van der Waals surface area contributed by atoms with Crippen LogP contribution in [0, 0.1) is 0 Å². The minimum atomic E-state index is -1.47. The van der Waals surface area contributed by atoms with E-state index in [9.17, 15) is 29.4 Å². The Balaban J connectivity index is 2.77. The van der Waals surface area contributed by atoms with Crippen LogP contribution in [0.1, 0.15) is 19.0 Å². The van der Waals surface area contributed by atoms with Gasteiger partial charge >= 0.3 is 11.9 Å². The normalized spacial score (nSPS) is 15.5. The zero-order valence-electron chi connectivity index (χ0n) is 14.0. The molecule has 0 unspecified atom stereocenters. The molecule has 1 aromatic rings. The number of carbonyl (C=O) groups is 4. The van der Waals surface area contributed by atoms with Crippen molar-refractivity contribution >= 4 is 23.8 Å². The van der Waals surface area contributed by atoms with Gasteiger partial charge in [0.05, 0.1) is 24.5 Å². The van der Waals surface area contributed by atoms with E-state index in [1.54, 1.807) is 0 Å². The average molecular weight is 370 g/mol. The van der Waals surface area contributed by atoms with Gasteiger partial charge in [0.15, 0.2) is 0 Å². The molecule has 2 amide bonds. The van der Waals surface area contributed by atoms with E-state index < -0.39 is 54.3 Å². The van der Waals surface area contributed by atoms with Crippen molar-refractivity contribution in [1.29, 1.82) is 0 Å². The van der Waals surface area contributed by atoms with E-state index in [1.807, 2.05) is 0 Å². The van der Waals surface area contributed by atoms with Crippen molar-refractivity contribution in [2.75, 3.05) is 0 Å². The Morgan fingerprint density at radius 3 is 2.38 bits per heavy atom. The maximum Gasteiger partial charge on any atom is 0.327 e. The van der Waals surface area contributed by atoms with Gasteiger partial charge in [-0.25, -0.2) is 9.78 Å². The highest BCUT2D eigenvalue weighted by Crippen LogP contribution is 2.03. The summed E-state index contributed by atoms with van der Waals surface area (Å²) in [5.41, 5.74) is 10.9. The van der Waals surface area contributed by atoms with Crippen molar-refractivity contribution in [2.24, 2.45) is 11.5 Å². The van der Waals surface area contributed by atoms with Gasteiger partial charge in [-0.1, -0.05) is 0 Å². The maximum atomic E-state index is 11.9. The molecule has 9 N–H and O–H groups in total. The summed E-state index contributed by atoms with van der Waals surface area (Å²) in [5, 5.41) is 23.4. The predicted molar refractivity (Wildman–Crippen MR) is 87.7 cm³/mol. The summed E-state index contributed by atoms with van der Waals surface area (Å²) in [6.45, 7) is 1.40. The number of aromatic nitrogens is 2. The summed E-state index contributed by atoms with van der Waals surface area (Å²) in [5.74, 6) is -4.30. The molecular formula is C14H22N6O6. The largest absolute Gasteiger partial charge is 0.480 e. The van der Waals surface area contributed by atoms with Crippen molar-refractivity contribution in [1.82, 2.24) is 20.6 Å². The number of aliphatic carboxylic acids is 2. The summed E-state index contributed by atoms with van der Waals surface area (Å²) < 4.78 is 0. The highest BCUT2D eigenvalue weighted by Gasteiger charge is 2.32. The van der Waals surface area contributed by atoms with Crippen LogP contribution in [0.2, 0.25) is 0 Å². The molecular weight excluding hydrogens is 348 g/mol. The number of imidazole rings is 1. The van der Waals surface area contributed by atoms with Crippen LogP contribution in [0.3, 0.4) is 0 Å². The number of hydrogen-bond donors (Lipinski definition) is 7. The van der Waals surface area contributed by atoms with Gasteiger partial charge < -0.3 is 32.0 Å². The monoisotopic (exact) mass is 370 g/mol. The van der Waals surface area contributed by atoms with Crippen LogP contribution in [0.15, 0.2) is 12.5 Å². The van der Waals surface area contributed by atoms with E-state index in [0.29, 0.717) is 5.69 Å². The molecule has 0 aromatic carbocycles. The number of H-pyrrole nitrogens is 1. The van der Waals surface area contributed by atoms with E-state index in [-0.39, 0.29) is 6.42 Å². The van der Waals surface area contributed by atoms with Gasteiger partial charge in [0.1, 0.15) is 12.1 Å². The number of nitrogens with zero attached hydrogens (tertiary/aromatic N) is 1. The van der Waals surface area contributed by atoms with Crippen LogP contribution in [-0.4, -0.2) is 68.1 Å². The molecule has 0 aliphatic carbocycles. The molecule has 0 spiro atoms. The van der Waals surface area contributed by atoms with Gasteiger partial charge in [0.25, 0.3) is 0 Å². The number of rotatable bonds is 11. The van der Waals surface area contributed by atoms with E-state index in [1.165, 1.54) is 19.4 Å². The predicted octanol–water partition coefficient (Wildman–Crippen LogP) is -2.84. The first-order chi connectivity index (χ1) is 12.1. The average Bonchev–Trinajstić information content (AvgIpc) is 3.03. The number of hydrogen-bond acceptors (Lipinski definition) is 7. The first-order valence-electron chi connectivity index (χ1n) is 7.65. The molecule has 0 saturated heterocycles. The first kappa shape index (κ1) is 21.1. The fraction of sp³-hybridized carbons (Fsp3) is 0.500. The minimum Gasteiger partial charge on any atom is -0.480 e. The topological polar surface area (TPSA) is 214 Å². The Morgan fingerprint density at radius 1 is 1.27 bits per heavy atom. The lowest BCUT2D eigenvalue weighted by Gasteiger charge is -2.26. The molecule has 12 nitrogen and oxygen atoms in total. The molecule has 4 atom stereocenters. The summed E-state index contributed by atoms with van der Waals surface area (Å²) in [6, 6.07) is -4.87. The Kier molecular flexibility index (Phi) is 7.68. The number of nitrogens with one attached hydrogen (secondary N) is 3. The molecule has 1 heterocycles. The molecule has 144 valence electrons. The van der Waals surface area contributed by atoms with Gasteiger partial charge in [0.2, 0.25) is 11.8 Å². The van der Waals surface area contributed by atoms with E-state index in [2.05, 4.69) is 20.6 Å². The zero-order chi connectivity index (χ0) is 19.9. The number of carbonyl (C=O) groups excluding carboxylic acids is 2. The van der Waals surface area contributed by atoms with Crippen LogP contribution in [0.5, 0.6) is 0 Å². The quantitative estimate of drug-likeness (QED) is 0.213. The molecule has 1 rings (SSSR count). The molecule has 0 bridgehead atoms. The van der Waals surface area contributed by atoms with Crippen molar-refractivity contribution in [3.05, 3.63) is 18.2 Å². The second kappa shape index (κ2) is 9.48. The molecule has 12 heteroatoms. The Labute approximate surface area is 148 Å². The summed E-state index contributed by atoms with van der Waals surface area (Å²) in [7, 11) is 0. The fourth-order valence-corrected chi connectivity index (χ4v) is 2.21. The van der Waals surface area contributed by atoms with Gasteiger partial charge in [-0.15, -0.1) is 0 Å². The van der Waals surface area contributed by atoms with Crippen LogP contribution in [0.4, 0.5) is 0 Å². The van der Waals surface area contributed by atoms with Gasteiger partial charge in [0, 0.05) is 18.7 Å². The Hall–Kier alpha value is -2.99. The molecule has 0 radical (unpaired) electrons. The number of primary amides is 1. The lowest BCUT2D eigenvalue weighted by molar-refractivity contribution is -0.144. The first-order valence-corrected chi connectivity index (χ1v) is 7.65. The smallest absolute Gasteiger partial charge is 0.327 e. The lowest BCUT2D eigenvalue weighted by atomic mass is 10.1. The van der Waals surface area contributed by atoms with E-state index in [4.69, 9.17) is 11.5 Å². The molecule has 1 aromatic heterocycles. The minimum absolute atomic E-state index is 0.00461. The second-order valence-electron chi connectivity index (χ2n) is 5.71. The fourth-order valence-electron chi connectivity index (χ4n) is 2.21. The number of carboxylic acids is 2. The van der Waals surface area contributed by atoms with Crippen molar-refractivity contribution in [3.63, 3.8) is 0 Å². The summed E-state index contributed by atoms with van der Waals surface area (Å²) in [4.78, 5) is 52.2. The maximum absolute atomic E-state index is 11.9. The van der Waals surface area contributed by atoms with Gasteiger partial charge in [-0.2, -0.15) is 0 Å². The number of nitrogens with two attached hydrogens (primary N) is 2. The van der Waals surface area contributed by atoms with Crippen molar-refractivity contribution in [2.45, 2.75) is 43.9 Å². The number of aromatic amines is 1. The summed E-state index contributed by atoms with van der Waals surface area (Å²) in [6.07, 6.45) is 2.46. The van der Waals surface area contributed by atoms with Crippen LogP contribution >= 0.6 is 0 Å². The molecule has 0 fully saturated rings. The third-order valence-electron chi connectivity index (χ3n) is 3.55. The molecule has 0 saturated carbocycles. The number of carboxylic acid groups (broad SMARTS) is 2. The van der Waals surface area contributed by atoms with Crippen LogP contribution < -0.4 is 22.1 Å². The standard InChI is InChI=1S/C14H22N6O6/c1-6(19-9(13(23)24)2-7-4-17-5-18-7)11(14(25)26)20-12(22)8(15)3-10(16)21/h4-6,8-9,11,19H,2-3,15H2,1H3,(H2,16,21)(H,17,18)(H,20,22)(H,23,24)(H,25,26)/t6-,8-,9+,11+/m1/s1. The third-order valence-corrected chi connectivity index (χ3v) is 3.55. The zero-order valence-corrected chi connectivity index (χ0v) is 14.0. The third kappa shape index (κ3) is 6.49. The molecule has 0 aliphatic heterocycles. The second-order valence-corrected chi connectivity index (χ2v) is 5.71.